The second-order valence-corrected chi connectivity index (χ2v) is 7.09. The molecule has 0 aliphatic carbocycles. The molecular weight excluding hydrogens is 334 g/mol. The van der Waals surface area contributed by atoms with Crippen LogP contribution in [0.4, 0.5) is 13.6 Å². The molecule has 1 aliphatic rings. The van der Waals surface area contributed by atoms with E-state index in [4.69, 9.17) is 9.47 Å². The molecule has 1 amide bonds. The maximum atomic E-state index is 14.4. The van der Waals surface area contributed by atoms with Gasteiger partial charge in [0.25, 0.3) is 5.92 Å². The molecule has 1 fully saturated rings. The van der Waals surface area contributed by atoms with Crippen LogP contribution < -0.4 is 4.74 Å². The van der Waals surface area contributed by atoms with E-state index in [1.807, 2.05) is 0 Å². The number of likely N-dealkylation sites (tertiary alicyclic amines) is 1. The molecule has 2 heterocycles. The maximum absolute atomic E-state index is 14.4. The Morgan fingerprint density at radius 3 is 2.72 bits per heavy atom. The van der Waals surface area contributed by atoms with Crippen LogP contribution in [0.15, 0.2) is 12.3 Å². The fraction of sp³-hybridized carbons (Fsp3) is 0.647. The Morgan fingerprint density at radius 1 is 1.48 bits per heavy atom. The fourth-order valence-electron chi connectivity index (χ4n) is 2.75. The van der Waals surface area contributed by atoms with E-state index in [0.717, 1.165) is 0 Å². The molecule has 2 rings (SSSR count). The van der Waals surface area contributed by atoms with Crippen LogP contribution in [0.25, 0.3) is 0 Å². The van der Waals surface area contributed by atoms with Crippen LogP contribution in [-0.4, -0.2) is 52.8 Å². The Morgan fingerprint density at radius 2 is 2.16 bits per heavy atom. The molecule has 1 atom stereocenters. The predicted molar refractivity (Wildman–Crippen MR) is 86.8 cm³/mol. The standard InChI is InChI=1S/C17H24F2N2O4/c1-16(2,3)25-15(23)21-6-5-17(18,19)13(9-21)11-7-12(10-22)14(24-4)20-8-11/h7-8,13,22H,5-6,9-10H2,1-4H3. The van der Waals surface area contributed by atoms with Crippen molar-refractivity contribution in [3.8, 4) is 5.88 Å². The van der Waals surface area contributed by atoms with Gasteiger partial charge in [-0.05, 0) is 32.4 Å². The summed E-state index contributed by atoms with van der Waals surface area (Å²) in [4.78, 5) is 17.5. The Hall–Kier alpha value is -1.96. The van der Waals surface area contributed by atoms with Gasteiger partial charge in [-0.3, -0.25) is 0 Å². The first-order valence-electron chi connectivity index (χ1n) is 8.07. The zero-order valence-electron chi connectivity index (χ0n) is 14.9. The third-order valence-electron chi connectivity index (χ3n) is 3.99. The molecule has 1 N–H and O–H groups in total. The van der Waals surface area contributed by atoms with Gasteiger partial charge >= 0.3 is 6.09 Å². The lowest BCUT2D eigenvalue weighted by Gasteiger charge is -2.39. The minimum atomic E-state index is -2.98. The number of halogens is 2. The highest BCUT2D eigenvalue weighted by molar-refractivity contribution is 5.68. The number of nitrogens with zero attached hydrogens (tertiary/aromatic N) is 2. The number of carbonyl (C=O) groups excluding carboxylic acids is 1. The minimum absolute atomic E-state index is 0.0745. The van der Waals surface area contributed by atoms with Crippen molar-refractivity contribution in [3.05, 3.63) is 23.4 Å². The Balaban J connectivity index is 2.26. The highest BCUT2D eigenvalue weighted by Crippen LogP contribution is 2.41. The van der Waals surface area contributed by atoms with Gasteiger partial charge in [-0.25, -0.2) is 18.6 Å². The summed E-state index contributed by atoms with van der Waals surface area (Å²) in [7, 11) is 1.39. The molecule has 1 aliphatic heterocycles. The number of rotatable bonds is 3. The van der Waals surface area contributed by atoms with Gasteiger partial charge in [0, 0.05) is 31.3 Å². The van der Waals surface area contributed by atoms with Gasteiger partial charge in [0.05, 0.1) is 19.6 Å². The quantitative estimate of drug-likeness (QED) is 0.899. The molecule has 1 saturated heterocycles. The lowest BCUT2D eigenvalue weighted by molar-refractivity contribution is -0.0772. The third-order valence-corrected chi connectivity index (χ3v) is 3.99. The first kappa shape index (κ1) is 19.4. The fourth-order valence-corrected chi connectivity index (χ4v) is 2.75. The number of carbonyl (C=O) groups is 1. The molecule has 0 saturated carbocycles. The highest BCUT2D eigenvalue weighted by atomic mass is 19.3. The molecule has 140 valence electrons. The van der Waals surface area contributed by atoms with Gasteiger partial charge in [0.15, 0.2) is 0 Å². The number of hydrogen-bond acceptors (Lipinski definition) is 5. The molecule has 6 nitrogen and oxygen atoms in total. The van der Waals surface area contributed by atoms with Crippen molar-refractivity contribution in [1.82, 2.24) is 9.88 Å². The maximum Gasteiger partial charge on any atom is 0.410 e. The molecule has 0 bridgehead atoms. The topological polar surface area (TPSA) is 71.9 Å². The van der Waals surface area contributed by atoms with E-state index in [9.17, 15) is 18.7 Å². The van der Waals surface area contributed by atoms with Gasteiger partial charge in [0.2, 0.25) is 5.88 Å². The molecule has 1 aromatic heterocycles. The van der Waals surface area contributed by atoms with E-state index in [-0.39, 0.29) is 31.1 Å². The number of ether oxygens (including phenoxy) is 2. The van der Waals surface area contributed by atoms with Crippen LogP contribution >= 0.6 is 0 Å². The summed E-state index contributed by atoms with van der Waals surface area (Å²) in [6.45, 7) is 4.54. The van der Waals surface area contributed by atoms with E-state index in [2.05, 4.69) is 4.98 Å². The van der Waals surface area contributed by atoms with Gasteiger partial charge in [-0.15, -0.1) is 0 Å². The zero-order valence-corrected chi connectivity index (χ0v) is 14.9. The molecule has 0 aromatic carbocycles. The second kappa shape index (κ2) is 7.11. The molecule has 1 unspecified atom stereocenters. The number of aliphatic hydroxyl groups is 1. The van der Waals surface area contributed by atoms with Gasteiger partial charge in [0.1, 0.15) is 5.60 Å². The van der Waals surface area contributed by atoms with E-state index in [0.29, 0.717) is 5.56 Å². The van der Waals surface area contributed by atoms with E-state index >= 15 is 0 Å². The summed E-state index contributed by atoms with van der Waals surface area (Å²) >= 11 is 0. The van der Waals surface area contributed by atoms with Crippen LogP contribution in [0.3, 0.4) is 0 Å². The lowest BCUT2D eigenvalue weighted by atomic mass is 9.87. The summed E-state index contributed by atoms with van der Waals surface area (Å²) in [6, 6.07) is 1.45. The molecule has 0 spiro atoms. The smallest absolute Gasteiger partial charge is 0.410 e. The van der Waals surface area contributed by atoms with E-state index in [1.54, 1.807) is 20.8 Å². The molecule has 0 radical (unpaired) electrons. The summed E-state index contributed by atoms with van der Waals surface area (Å²) in [6.07, 6.45) is 0.226. The SMILES string of the molecule is COc1ncc(C2CN(C(=O)OC(C)(C)C)CCC2(F)F)cc1CO. The van der Waals surface area contributed by atoms with Gasteiger partial charge in [-0.2, -0.15) is 0 Å². The molecule has 8 heteroatoms. The Bertz CT molecular complexity index is 632. The van der Waals surface area contributed by atoms with Crippen molar-refractivity contribution in [3.63, 3.8) is 0 Å². The number of pyridine rings is 1. The number of aromatic nitrogens is 1. The number of methoxy groups -OCH3 is 1. The highest BCUT2D eigenvalue weighted by Gasteiger charge is 2.47. The normalized spacial score (nSPS) is 20.3. The number of aliphatic hydroxyl groups excluding tert-OH is 1. The Labute approximate surface area is 145 Å². The van der Waals surface area contributed by atoms with Gasteiger partial charge in [-0.1, -0.05) is 0 Å². The number of amides is 1. The monoisotopic (exact) mass is 358 g/mol. The summed E-state index contributed by atoms with van der Waals surface area (Å²) in [5.41, 5.74) is -0.119. The summed E-state index contributed by atoms with van der Waals surface area (Å²) < 4.78 is 39.2. The van der Waals surface area contributed by atoms with Crippen LogP contribution in [0, 0.1) is 0 Å². The average Bonchev–Trinajstić information content (AvgIpc) is 2.52. The average molecular weight is 358 g/mol. The zero-order chi connectivity index (χ0) is 18.8. The van der Waals surface area contributed by atoms with Crippen molar-refractivity contribution < 1.29 is 28.2 Å². The van der Waals surface area contributed by atoms with Crippen LogP contribution in [0.5, 0.6) is 5.88 Å². The third kappa shape index (κ3) is 4.56. The molecule has 1 aromatic rings. The van der Waals surface area contributed by atoms with Crippen molar-refractivity contribution in [2.75, 3.05) is 20.2 Å². The first-order valence-corrected chi connectivity index (χ1v) is 8.07. The first-order chi connectivity index (χ1) is 11.6. The van der Waals surface area contributed by atoms with Crippen LogP contribution in [0.2, 0.25) is 0 Å². The van der Waals surface area contributed by atoms with E-state index in [1.165, 1.54) is 24.3 Å². The predicted octanol–water partition coefficient (Wildman–Crippen LogP) is 2.94. The van der Waals surface area contributed by atoms with Crippen LogP contribution in [-0.2, 0) is 11.3 Å². The second-order valence-electron chi connectivity index (χ2n) is 7.09. The summed E-state index contributed by atoms with van der Waals surface area (Å²) in [5.74, 6) is -4.02. The molecular formula is C17H24F2N2O4. The summed E-state index contributed by atoms with van der Waals surface area (Å²) in [5, 5.41) is 9.38. The molecule has 25 heavy (non-hydrogen) atoms. The number of hydrogen-bond donors (Lipinski definition) is 1. The van der Waals surface area contributed by atoms with Crippen molar-refractivity contribution in [1.29, 1.82) is 0 Å². The van der Waals surface area contributed by atoms with Gasteiger partial charge < -0.3 is 19.5 Å². The number of piperidine rings is 1. The van der Waals surface area contributed by atoms with Crippen molar-refractivity contribution in [2.45, 2.75) is 51.2 Å². The Kier molecular flexibility index (Phi) is 5.51. The van der Waals surface area contributed by atoms with Crippen molar-refractivity contribution >= 4 is 6.09 Å². The largest absolute Gasteiger partial charge is 0.481 e. The van der Waals surface area contributed by atoms with Crippen LogP contribution in [0.1, 0.15) is 44.2 Å². The number of alkyl halides is 2. The van der Waals surface area contributed by atoms with E-state index < -0.39 is 30.0 Å². The lowest BCUT2D eigenvalue weighted by Crippen LogP contribution is -2.49. The van der Waals surface area contributed by atoms with Crippen molar-refractivity contribution in [2.24, 2.45) is 0 Å². The minimum Gasteiger partial charge on any atom is -0.481 e.